The van der Waals surface area contributed by atoms with Gasteiger partial charge in [-0.2, -0.15) is 0 Å². The maximum Gasteiger partial charge on any atom is 0.248 e. The monoisotopic (exact) mass is 254 g/mol. The lowest BCUT2D eigenvalue weighted by molar-refractivity contribution is 0.100. The van der Waals surface area contributed by atoms with Crippen molar-refractivity contribution < 1.29 is 13.2 Å². The predicted octanol–water partition coefficient (Wildman–Crippen LogP) is 0.384. The van der Waals surface area contributed by atoms with Crippen molar-refractivity contribution in [3.63, 3.8) is 0 Å². The molecule has 1 heterocycles. The van der Waals surface area contributed by atoms with Crippen molar-refractivity contribution in [1.29, 1.82) is 0 Å². The summed E-state index contributed by atoms with van der Waals surface area (Å²) >= 11 is 0. The largest absolute Gasteiger partial charge is 0.381 e. The van der Waals surface area contributed by atoms with Gasteiger partial charge in [-0.25, -0.2) is 8.42 Å². The normalized spacial score (nSPS) is 22.2. The van der Waals surface area contributed by atoms with Crippen LogP contribution >= 0.6 is 0 Å². The number of hydrogen-bond acceptors (Lipinski definition) is 4. The average molecular weight is 254 g/mol. The van der Waals surface area contributed by atoms with Crippen LogP contribution in [-0.4, -0.2) is 31.9 Å². The highest BCUT2D eigenvalue weighted by Gasteiger charge is 2.27. The van der Waals surface area contributed by atoms with E-state index in [0.717, 1.165) is 5.69 Å². The van der Waals surface area contributed by atoms with Crippen molar-refractivity contribution in [3.05, 3.63) is 29.8 Å². The summed E-state index contributed by atoms with van der Waals surface area (Å²) in [5.74, 6) is -0.124. The summed E-state index contributed by atoms with van der Waals surface area (Å²) in [6.07, 6.45) is 0.600. The minimum atomic E-state index is -2.90. The lowest BCUT2D eigenvalue weighted by Gasteiger charge is -2.12. The Kier molecular flexibility index (Phi) is 3.06. The van der Waals surface area contributed by atoms with Crippen LogP contribution in [0.15, 0.2) is 24.3 Å². The Balaban J connectivity index is 2.09. The molecule has 1 aliphatic rings. The quantitative estimate of drug-likeness (QED) is 0.816. The number of nitrogens with two attached hydrogens (primary N) is 1. The molecule has 1 saturated heterocycles. The molecule has 1 aliphatic heterocycles. The summed E-state index contributed by atoms with van der Waals surface area (Å²) in [4.78, 5) is 11.0. The number of primary amides is 1. The van der Waals surface area contributed by atoms with Gasteiger partial charge in [0.1, 0.15) is 0 Å². The van der Waals surface area contributed by atoms with Crippen molar-refractivity contribution in [2.24, 2.45) is 5.73 Å². The van der Waals surface area contributed by atoms with Crippen LogP contribution in [0.25, 0.3) is 0 Å². The molecule has 1 aromatic carbocycles. The molecule has 92 valence electrons. The molecule has 1 amide bonds. The minimum absolute atomic E-state index is 0.0804. The Bertz CT molecular complexity index is 539. The first-order valence-electron chi connectivity index (χ1n) is 5.33. The maximum atomic E-state index is 11.3. The van der Waals surface area contributed by atoms with Crippen LogP contribution in [0.3, 0.4) is 0 Å². The van der Waals surface area contributed by atoms with Gasteiger partial charge in [-0.05, 0) is 24.6 Å². The lowest BCUT2D eigenvalue weighted by atomic mass is 10.1. The van der Waals surface area contributed by atoms with Gasteiger partial charge in [0.05, 0.1) is 11.5 Å². The van der Waals surface area contributed by atoms with E-state index in [1.54, 1.807) is 24.3 Å². The van der Waals surface area contributed by atoms with Crippen LogP contribution in [0.5, 0.6) is 0 Å². The van der Waals surface area contributed by atoms with E-state index in [0.29, 0.717) is 12.0 Å². The zero-order valence-corrected chi connectivity index (χ0v) is 10.0. The van der Waals surface area contributed by atoms with E-state index in [1.807, 2.05) is 0 Å². The van der Waals surface area contributed by atoms with E-state index < -0.39 is 15.7 Å². The Labute approximate surface area is 99.9 Å². The van der Waals surface area contributed by atoms with E-state index in [1.165, 1.54) is 0 Å². The fourth-order valence-corrected chi connectivity index (χ4v) is 3.58. The lowest BCUT2D eigenvalue weighted by Crippen LogP contribution is -2.21. The summed E-state index contributed by atoms with van der Waals surface area (Å²) in [7, 11) is -2.90. The van der Waals surface area contributed by atoms with Crippen molar-refractivity contribution in [3.8, 4) is 0 Å². The first-order valence-corrected chi connectivity index (χ1v) is 7.15. The second-order valence-corrected chi connectivity index (χ2v) is 6.42. The maximum absolute atomic E-state index is 11.3. The SMILES string of the molecule is NC(=O)c1cccc(NC2CCS(=O)(=O)C2)c1. The van der Waals surface area contributed by atoms with E-state index in [4.69, 9.17) is 5.73 Å². The summed E-state index contributed by atoms with van der Waals surface area (Å²) < 4.78 is 22.6. The molecule has 17 heavy (non-hydrogen) atoms. The Morgan fingerprint density at radius 3 is 2.76 bits per heavy atom. The Morgan fingerprint density at radius 2 is 2.18 bits per heavy atom. The number of benzene rings is 1. The summed E-state index contributed by atoms with van der Waals surface area (Å²) in [6, 6.07) is 6.68. The number of nitrogens with one attached hydrogen (secondary N) is 1. The van der Waals surface area contributed by atoms with E-state index in [2.05, 4.69) is 5.32 Å². The highest BCUT2D eigenvalue weighted by atomic mass is 32.2. The average Bonchev–Trinajstić information content (AvgIpc) is 2.58. The molecule has 0 radical (unpaired) electrons. The van der Waals surface area contributed by atoms with Gasteiger partial charge in [-0.1, -0.05) is 6.07 Å². The fourth-order valence-electron chi connectivity index (χ4n) is 1.91. The Morgan fingerprint density at radius 1 is 1.41 bits per heavy atom. The molecule has 5 nitrogen and oxygen atoms in total. The predicted molar refractivity (Wildman–Crippen MR) is 65.6 cm³/mol. The van der Waals surface area contributed by atoms with Crippen LogP contribution in [-0.2, 0) is 9.84 Å². The number of carbonyl (C=O) groups is 1. The van der Waals surface area contributed by atoms with Crippen LogP contribution in [0.1, 0.15) is 16.8 Å². The molecule has 2 rings (SSSR count). The van der Waals surface area contributed by atoms with Gasteiger partial charge in [-0.3, -0.25) is 4.79 Å². The molecule has 0 saturated carbocycles. The first-order chi connectivity index (χ1) is 7.96. The fraction of sp³-hybridized carbons (Fsp3) is 0.364. The standard InChI is InChI=1S/C11H14N2O3S/c12-11(14)8-2-1-3-9(6-8)13-10-4-5-17(15,16)7-10/h1-3,6,10,13H,4-5,7H2,(H2,12,14). The number of sulfone groups is 1. The third-order valence-electron chi connectivity index (χ3n) is 2.75. The molecule has 6 heteroatoms. The molecule has 1 atom stereocenters. The second-order valence-electron chi connectivity index (χ2n) is 4.19. The van der Waals surface area contributed by atoms with E-state index in [9.17, 15) is 13.2 Å². The van der Waals surface area contributed by atoms with Crippen LogP contribution < -0.4 is 11.1 Å². The van der Waals surface area contributed by atoms with Gasteiger partial charge in [0.25, 0.3) is 0 Å². The van der Waals surface area contributed by atoms with Crippen molar-refractivity contribution in [2.45, 2.75) is 12.5 Å². The molecule has 3 N–H and O–H groups in total. The van der Waals surface area contributed by atoms with Crippen LogP contribution in [0, 0.1) is 0 Å². The van der Waals surface area contributed by atoms with Gasteiger partial charge >= 0.3 is 0 Å². The smallest absolute Gasteiger partial charge is 0.248 e. The highest BCUT2D eigenvalue weighted by Crippen LogP contribution is 2.18. The highest BCUT2D eigenvalue weighted by molar-refractivity contribution is 7.91. The molecular formula is C11H14N2O3S. The van der Waals surface area contributed by atoms with Gasteiger partial charge < -0.3 is 11.1 Å². The molecule has 1 aromatic rings. The second kappa shape index (κ2) is 4.37. The number of carbonyl (C=O) groups excluding carboxylic acids is 1. The molecule has 0 aliphatic carbocycles. The minimum Gasteiger partial charge on any atom is -0.381 e. The van der Waals surface area contributed by atoms with Crippen LogP contribution in [0.2, 0.25) is 0 Å². The number of amides is 1. The zero-order chi connectivity index (χ0) is 12.5. The number of hydrogen-bond donors (Lipinski definition) is 2. The van der Waals surface area contributed by atoms with Gasteiger partial charge in [0.2, 0.25) is 5.91 Å². The number of anilines is 1. The summed E-state index contributed by atoms with van der Waals surface area (Å²) in [5, 5.41) is 3.10. The van der Waals surface area contributed by atoms with E-state index in [-0.39, 0.29) is 17.5 Å². The van der Waals surface area contributed by atoms with Gasteiger partial charge in [-0.15, -0.1) is 0 Å². The zero-order valence-electron chi connectivity index (χ0n) is 9.22. The van der Waals surface area contributed by atoms with E-state index >= 15 is 0 Å². The summed E-state index contributed by atoms with van der Waals surface area (Å²) in [6.45, 7) is 0. The summed E-state index contributed by atoms with van der Waals surface area (Å²) in [5.41, 5.74) is 6.31. The van der Waals surface area contributed by atoms with Crippen molar-refractivity contribution in [2.75, 3.05) is 16.8 Å². The molecule has 0 spiro atoms. The van der Waals surface area contributed by atoms with Crippen LogP contribution in [0.4, 0.5) is 5.69 Å². The molecule has 0 bridgehead atoms. The number of rotatable bonds is 3. The molecule has 1 unspecified atom stereocenters. The first kappa shape index (κ1) is 11.9. The topological polar surface area (TPSA) is 89.3 Å². The third-order valence-corrected chi connectivity index (χ3v) is 4.52. The molecular weight excluding hydrogens is 240 g/mol. The van der Waals surface area contributed by atoms with Gasteiger partial charge in [0, 0.05) is 17.3 Å². The van der Waals surface area contributed by atoms with Gasteiger partial charge in [0.15, 0.2) is 9.84 Å². The molecule has 1 fully saturated rings. The van der Waals surface area contributed by atoms with Crippen molar-refractivity contribution >= 4 is 21.4 Å². The Hall–Kier alpha value is -1.56. The molecule has 0 aromatic heterocycles. The van der Waals surface area contributed by atoms with Crippen molar-refractivity contribution in [1.82, 2.24) is 0 Å². The third kappa shape index (κ3) is 2.97.